The molecule has 41 heavy (non-hydrogen) atoms. The molecule has 6 rings (SSSR count). The number of rotatable bonds is 7. The molecular formula is C39H34N2. The summed E-state index contributed by atoms with van der Waals surface area (Å²) >= 11 is 0. The van der Waals surface area contributed by atoms with Gasteiger partial charge in [0, 0.05) is 33.1 Å². The summed E-state index contributed by atoms with van der Waals surface area (Å²) in [7, 11) is 0. The largest absolute Gasteiger partial charge is 0.309 e. The first-order chi connectivity index (χ1) is 20.1. The Morgan fingerprint density at radius 1 is 0.707 bits per heavy atom. The molecule has 0 saturated heterocycles. The zero-order valence-corrected chi connectivity index (χ0v) is 23.9. The predicted molar refractivity (Wildman–Crippen MR) is 181 cm³/mol. The molecule has 0 aliphatic heterocycles. The van der Waals surface area contributed by atoms with Crippen molar-refractivity contribution >= 4 is 50.6 Å². The Hall–Kier alpha value is -5.08. The van der Waals surface area contributed by atoms with Crippen LogP contribution < -0.4 is 0 Å². The van der Waals surface area contributed by atoms with Crippen LogP contribution in [0.2, 0.25) is 0 Å². The van der Waals surface area contributed by atoms with Crippen molar-refractivity contribution in [3.05, 3.63) is 145 Å². The van der Waals surface area contributed by atoms with E-state index in [2.05, 4.69) is 145 Å². The van der Waals surface area contributed by atoms with Crippen LogP contribution in [0.1, 0.15) is 30.7 Å². The van der Waals surface area contributed by atoms with Crippen LogP contribution in [-0.4, -0.2) is 9.13 Å². The predicted octanol–water partition coefficient (Wildman–Crippen LogP) is 11.0. The number of nitrogens with zero attached hydrogens (tertiary/aromatic N) is 2. The Labute approximate surface area is 242 Å². The van der Waals surface area contributed by atoms with Crippen LogP contribution >= 0.6 is 0 Å². The van der Waals surface area contributed by atoms with Crippen LogP contribution in [0.4, 0.5) is 0 Å². The maximum Gasteiger partial charge on any atom is 0.0541 e. The third-order valence-electron chi connectivity index (χ3n) is 7.72. The van der Waals surface area contributed by atoms with E-state index < -0.39 is 0 Å². The third kappa shape index (κ3) is 4.38. The van der Waals surface area contributed by atoms with Gasteiger partial charge in [0.05, 0.1) is 22.2 Å². The van der Waals surface area contributed by atoms with E-state index in [4.69, 9.17) is 0 Å². The van der Waals surface area contributed by atoms with Crippen molar-refractivity contribution in [1.82, 2.24) is 9.13 Å². The molecule has 0 atom stereocenters. The summed E-state index contributed by atoms with van der Waals surface area (Å²) in [6, 6.07) is 31.0. The van der Waals surface area contributed by atoms with Gasteiger partial charge >= 0.3 is 0 Å². The highest BCUT2D eigenvalue weighted by Crippen LogP contribution is 2.38. The molecule has 0 unspecified atom stereocenters. The standard InChI is InChI=1S/C39H34N2/c1-6-13-30(14-7-2)40-36(9-4)32(15-8-3)34-25-28(20-22-38(34)40)29-21-23-39-35(26-29)33-18-10-11-19-37(33)41(39)31-17-12-16-27(5)24-31/h6-26H,1,4H2,2-3,5H3/b14-7-,15-8-,30-13+. The van der Waals surface area contributed by atoms with Crippen LogP contribution in [0.25, 0.3) is 67.4 Å². The molecule has 0 fully saturated rings. The Morgan fingerprint density at radius 2 is 1.44 bits per heavy atom. The van der Waals surface area contributed by atoms with Gasteiger partial charge in [-0.1, -0.05) is 79.9 Å². The van der Waals surface area contributed by atoms with E-state index in [1.54, 1.807) is 0 Å². The maximum atomic E-state index is 4.17. The number of benzene rings is 4. The van der Waals surface area contributed by atoms with Gasteiger partial charge in [-0.2, -0.15) is 0 Å². The quantitative estimate of drug-likeness (QED) is 0.182. The number of aromatic nitrogens is 2. The summed E-state index contributed by atoms with van der Waals surface area (Å²) in [5.41, 5.74) is 11.7. The Kier molecular flexibility index (Phi) is 6.91. The van der Waals surface area contributed by atoms with Crippen molar-refractivity contribution in [1.29, 1.82) is 0 Å². The third-order valence-corrected chi connectivity index (χ3v) is 7.72. The van der Waals surface area contributed by atoms with Crippen molar-refractivity contribution in [2.75, 3.05) is 0 Å². The molecule has 2 nitrogen and oxygen atoms in total. The summed E-state index contributed by atoms with van der Waals surface area (Å²) in [5, 5.41) is 3.70. The lowest BCUT2D eigenvalue weighted by atomic mass is 10.00. The van der Waals surface area contributed by atoms with E-state index in [0.717, 1.165) is 22.5 Å². The van der Waals surface area contributed by atoms with Crippen LogP contribution in [0.15, 0.2) is 128 Å². The molecule has 0 aliphatic carbocycles. The summed E-state index contributed by atoms with van der Waals surface area (Å²) < 4.78 is 4.64. The average molecular weight is 531 g/mol. The van der Waals surface area contributed by atoms with Gasteiger partial charge in [0.25, 0.3) is 0 Å². The lowest BCUT2D eigenvalue weighted by Crippen LogP contribution is -1.97. The average Bonchev–Trinajstić information content (AvgIpc) is 3.49. The van der Waals surface area contributed by atoms with Crippen LogP contribution in [-0.2, 0) is 0 Å². The maximum absolute atomic E-state index is 4.17. The second-order valence-electron chi connectivity index (χ2n) is 10.3. The van der Waals surface area contributed by atoms with E-state index >= 15 is 0 Å². The fourth-order valence-electron chi connectivity index (χ4n) is 6.03. The summed E-state index contributed by atoms with van der Waals surface area (Å²) in [4.78, 5) is 0. The van der Waals surface area contributed by atoms with E-state index in [9.17, 15) is 0 Å². The minimum absolute atomic E-state index is 1.05. The molecule has 0 aliphatic rings. The fraction of sp³-hybridized carbons (Fsp3) is 0.0769. The van der Waals surface area contributed by atoms with E-state index in [1.165, 1.54) is 49.6 Å². The molecule has 0 saturated carbocycles. The van der Waals surface area contributed by atoms with Gasteiger partial charge in [-0.05, 0) is 98.2 Å². The van der Waals surface area contributed by atoms with Crippen LogP contribution in [0.5, 0.6) is 0 Å². The molecule has 2 heterocycles. The minimum Gasteiger partial charge on any atom is -0.309 e. The Morgan fingerprint density at radius 3 is 2.15 bits per heavy atom. The second-order valence-corrected chi connectivity index (χ2v) is 10.3. The molecule has 6 aromatic rings. The number of fused-ring (bicyclic) bond motifs is 4. The van der Waals surface area contributed by atoms with Gasteiger partial charge in [0.15, 0.2) is 0 Å². The van der Waals surface area contributed by atoms with Gasteiger partial charge in [-0.3, -0.25) is 0 Å². The van der Waals surface area contributed by atoms with E-state index in [-0.39, 0.29) is 0 Å². The van der Waals surface area contributed by atoms with Gasteiger partial charge in [0.1, 0.15) is 0 Å². The lowest BCUT2D eigenvalue weighted by Gasteiger charge is -2.11. The normalized spacial score (nSPS) is 12.4. The summed E-state index contributed by atoms with van der Waals surface area (Å²) in [6.07, 6.45) is 14.3. The SMILES string of the molecule is C=C/C=C(\C=C/C)n1c(C=C)c(/C=C\C)c2cc(-c3ccc4c(c3)c3ccccc3n4-c3cccc(C)c3)ccc21. The number of hydrogen-bond donors (Lipinski definition) is 0. The van der Waals surface area contributed by atoms with Crippen LogP contribution in [0.3, 0.4) is 0 Å². The first-order valence-corrected chi connectivity index (χ1v) is 14.1. The monoisotopic (exact) mass is 530 g/mol. The summed E-state index contributed by atoms with van der Waals surface area (Å²) in [5.74, 6) is 0. The van der Waals surface area contributed by atoms with Crippen molar-refractivity contribution in [2.45, 2.75) is 20.8 Å². The molecule has 0 N–H and O–H groups in total. The molecule has 0 amide bonds. The van der Waals surface area contributed by atoms with Crippen molar-refractivity contribution < 1.29 is 0 Å². The number of para-hydroxylation sites is 1. The van der Waals surface area contributed by atoms with E-state index in [1.807, 2.05) is 25.2 Å². The van der Waals surface area contributed by atoms with Gasteiger partial charge in [0.2, 0.25) is 0 Å². The van der Waals surface area contributed by atoms with Gasteiger partial charge in [-0.15, -0.1) is 0 Å². The number of aryl methyl sites for hydroxylation is 1. The fourth-order valence-corrected chi connectivity index (χ4v) is 6.03. The molecule has 200 valence electrons. The highest BCUT2D eigenvalue weighted by atomic mass is 15.0. The number of hydrogen-bond acceptors (Lipinski definition) is 0. The zero-order valence-electron chi connectivity index (χ0n) is 23.9. The zero-order chi connectivity index (χ0) is 28.5. The molecule has 0 bridgehead atoms. The highest BCUT2D eigenvalue weighted by Gasteiger charge is 2.17. The van der Waals surface area contributed by atoms with Crippen molar-refractivity contribution in [3.8, 4) is 16.8 Å². The Bertz CT molecular complexity index is 2050. The molecule has 0 spiro atoms. The molecule has 4 aromatic carbocycles. The van der Waals surface area contributed by atoms with Crippen molar-refractivity contribution in [2.24, 2.45) is 0 Å². The van der Waals surface area contributed by atoms with E-state index in [0.29, 0.717) is 0 Å². The van der Waals surface area contributed by atoms with Gasteiger partial charge < -0.3 is 9.13 Å². The second kappa shape index (κ2) is 10.8. The first kappa shape index (κ1) is 26.2. The summed E-state index contributed by atoms with van der Waals surface area (Å²) in [6.45, 7) is 14.4. The number of allylic oxidation sites excluding steroid dienone is 6. The minimum atomic E-state index is 1.05. The lowest BCUT2D eigenvalue weighted by molar-refractivity contribution is 1.15. The van der Waals surface area contributed by atoms with Crippen LogP contribution in [0, 0.1) is 6.92 Å². The first-order valence-electron chi connectivity index (χ1n) is 14.1. The van der Waals surface area contributed by atoms with Gasteiger partial charge in [-0.25, -0.2) is 0 Å². The highest BCUT2D eigenvalue weighted by molar-refractivity contribution is 6.10. The molecular weight excluding hydrogens is 496 g/mol. The smallest absolute Gasteiger partial charge is 0.0541 e. The van der Waals surface area contributed by atoms with Crippen molar-refractivity contribution in [3.63, 3.8) is 0 Å². The Balaban J connectivity index is 1.59. The molecule has 2 heteroatoms. The molecule has 0 radical (unpaired) electrons. The topological polar surface area (TPSA) is 9.86 Å². The molecule has 2 aromatic heterocycles.